The zero-order valence-corrected chi connectivity index (χ0v) is 19.8. The Bertz CT molecular complexity index is 1170. The zero-order valence-electron chi connectivity index (χ0n) is 19.8. The van der Waals surface area contributed by atoms with E-state index in [2.05, 4.69) is 48.3 Å². The molecule has 11 nitrogen and oxygen atoms in total. The predicted octanol–water partition coefficient (Wildman–Crippen LogP) is 1.24. The maximum atomic E-state index is 14.2. The molecule has 36 heavy (non-hydrogen) atoms. The highest BCUT2D eigenvalue weighted by Gasteiger charge is 2.20. The van der Waals surface area contributed by atoms with E-state index in [0.717, 1.165) is 36.3 Å². The van der Waals surface area contributed by atoms with Crippen LogP contribution in [-0.4, -0.2) is 60.3 Å². The number of morpholine rings is 1. The number of nitrogen functional groups attached to an aromatic ring is 1. The number of hydrogen-bond donors (Lipinski definition) is 4. The summed E-state index contributed by atoms with van der Waals surface area (Å²) in [5.41, 5.74) is 10.4. The molecular weight excluding hydrogens is 465 g/mol. The second kappa shape index (κ2) is 11.2. The lowest BCUT2D eigenvalue weighted by molar-refractivity contribution is -0.625. The Hall–Kier alpha value is -3.87. The number of amides is 1. The van der Waals surface area contributed by atoms with E-state index in [1.165, 1.54) is 18.3 Å². The molecule has 0 saturated carbocycles. The van der Waals surface area contributed by atoms with Gasteiger partial charge in [-0.2, -0.15) is 20.8 Å². The molecule has 2 aliphatic rings. The van der Waals surface area contributed by atoms with Crippen LogP contribution in [0.1, 0.15) is 23.3 Å². The molecule has 12 heteroatoms. The topological polar surface area (TPSA) is 124 Å². The first-order valence-corrected chi connectivity index (χ1v) is 12.0. The first kappa shape index (κ1) is 23.9. The number of rotatable bonds is 7. The summed E-state index contributed by atoms with van der Waals surface area (Å²) in [5.74, 6) is -0.529. The molecule has 2 aliphatic heterocycles. The summed E-state index contributed by atoms with van der Waals surface area (Å²) < 4.78 is 19.5. The number of carbonyl (C=O) groups excluding carboxylic acids is 1. The van der Waals surface area contributed by atoms with Gasteiger partial charge in [0.2, 0.25) is 0 Å². The van der Waals surface area contributed by atoms with Gasteiger partial charge in [-0.3, -0.25) is 4.79 Å². The minimum absolute atomic E-state index is 0.197. The average molecular weight is 495 g/mol. The molecule has 0 spiro atoms. The van der Waals surface area contributed by atoms with Crippen LogP contribution >= 0.6 is 0 Å². The smallest absolute Gasteiger partial charge is 0.352 e. The fraction of sp³-hybridized carbons (Fsp3) is 0.333. The van der Waals surface area contributed by atoms with Crippen molar-refractivity contribution in [3.63, 3.8) is 0 Å². The second-order valence-electron chi connectivity index (χ2n) is 8.49. The molecule has 5 rings (SSSR count). The Morgan fingerprint density at radius 3 is 2.53 bits per heavy atom. The monoisotopic (exact) mass is 494 g/mol. The van der Waals surface area contributed by atoms with E-state index in [-0.39, 0.29) is 17.5 Å². The van der Waals surface area contributed by atoms with Crippen LogP contribution in [0.3, 0.4) is 0 Å². The van der Waals surface area contributed by atoms with Crippen LogP contribution in [0.2, 0.25) is 0 Å². The maximum absolute atomic E-state index is 14.2. The number of aromatic nitrogens is 3. The van der Waals surface area contributed by atoms with Crippen molar-refractivity contribution in [3.8, 4) is 0 Å². The fourth-order valence-corrected chi connectivity index (χ4v) is 4.04. The third kappa shape index (κ3) is 5.85. The molecule has 188 valence electrons. The van der Waals surface area contributed by atoms with Gasteiger partial charge in [0.1, 0.15) is 5.69 Å². The van der Waals surface area contributed by atoms with E-state index < -0.39 is 11.7 Å². The van der Waals surface area contributed by atoms with Crippen LogP contribution in [-0.2, 0) is 4.74 Å². The first-order valence-electron chi connectivity index (χ1n) is 12.0. The van der Waals surface area contributed by atoms with Gasteiger partial charge < -0.3 is 20.0 Å². The normalized spacial score (nSPS) is 16.0. The van der Waals surface area contributed by atoms with Crippen molar-refractivity contribution in [2.75, 3.05) is 54.6 Å². The average Bonchev–Trinajstić information content (AvgIpc) is 2.94. The SMILES string of the molecule is O=C(N[NH2+]c1ncc(F)c(N2CCOCC2)n1)c1ccc(Nc2ccc(N3CCCCN3)cc2)cn1. The van der Waals surface area contributed by atoms with E-state index in [4.69, 9.17) is 4.74 Å². The summed E-state index contributed by atoms with van der Waals surface area (Å²) in [4.78, 5) is 26.8. The number of ether oxygens (including phenoxy) is 1. The van der Waals surface area contributed by atoms with Crippen molar-refractivity contribution < 1.29 is 19.3 Å². The van der Waals surface area contributed by atoms with Gasteiger partial charge in [0.05, 0.1) is 37.0 Å². The maximum Gasteiger partial charge on any atom is 0.352 e. The number of hydrazine groups is 1. The van der Waals surface area contributed by atoms with Crippen LogP contribution in [0.5, 0.6) is 0 Å². The van der Waals surface area contributed by atoms with E-state index in [1.807, 2.05) is 12.1 Å². The van der Waals surface area contributed by atoms with Gasteiger partial charge in [0.15, 0.2) is 11.6 Å². The molecule has 2 aromatic heterocycles. The Kier molecular flexibility index (Phi) is 7.45. The lowest BCUT2D eigenvalue weighted by atomic mass is 10.2. The summed E-state index contributed by atoms with van der Waals surface area (Å²) in [6.07, 6.45) is 5.08. The Labute approximate surface area is 208 Å². The number of hydrogen-bond acceptors (Lipinski definition) is 9. The minimum atomic E-state index is -0.511. The van der Waals surface area contributed by atoms with Crippen molar-refractivity contribution in [2.45, 2.75) is 12.8 Å². The van der Waals surface area contributed by atoms with Gasteiger partial charge in [-0.15, -0.1) is 0 Å². The standard InChI is InChI=1S/C24H28FN9O2/c25-20-16-27-24(30-22(20)33-11-13-36-14-12-33)32-31-23(35)21-8-5-18(15-26-21)29-17-3-6-19(7-4-17)34-10-2-1-9-28-34/h3-8,15-16,28-29H,1-2,9-14H2,(H,31,35)(H,27,30,32)/p+1. The summed E-state index contributed by atoms with van der Waals surface area (Å²) >= 11 is 0. The van der Waals surface area contributed by atoms with Crippen molar-refractivity contribution in [1.29, 1.82) is 0 Å². The first-order chi connectivity index (χ1) is 17.7. The number of quaternary nitrogens is 1. The molecule has 5 N–H and O–H groups in total. The summed E-state index contributed by atoms with van der Waals surface area (Å²) in [7, 11) is 0. The lowest BCUT2D eigenvalue weighted by Crippen LogP contribution is -2.90. The number of anilines is 4. The Morgan fingerprint density at radius 1 is 1.00 bits per heavy atom. The number of nitrogens with one attached hydrogen (secondary N) is 3. The highest BCUT2D eigenvalue weighted by Crippen LogP contribution is 2.21. The molecule has 1 aromatic carbocycles. The van der Waals surface area contributed by atoms with Crippen LogP contribution in [0.4, 0.5) is 33.2 Å². The number of benzene rings is 1. The van der Waals surface area contributed by atoms with Crippen LogP contribution in [0.25, 0.3) is 0 Å². The van der Waals surface area contributed by atoms with Crippen molar-refractivity contribution in [3.05, 3.63) is 60.3 Å². The quantitative estimate of drug-likeness (QED) is 0.218. The van der Waals surface area contributed by atoms with Gasteiger partial charge in [0, 0.05) is 31.9 Å². The van der Waals surface area contributed by atoms with Gasteiger partial charge in [-0.05, 0) is 49.2 Å². The second-order valence-corrected chi connectivity index (χ2v) is 8.49. The van der Waals surface area contributed by atoms with Gasteiger partial charge >= 0.3 is 11.9 Å². The van der Waals surface area contributed by atoms with E-state index in [9.17, 15) is 9.18 Å². The number of pyridine rings is 1. The molecule has 2 saturated heterocycles. The van der Waals surface area contributed by atoms with Crippen LogP contribution in [0, 0.1) is 5.82 Å². The van der Waals surface area contributed by atoms with Crippen molar-refractivity contribution in [2.24, 2.45) is 0 Å². The number of carbonyl (C=O) groups is 1. The highest BCUT2D eigenvalue weighted by atomic mass is 19.1. The molecule has 0 radical (unpaired) electrons. The molecule has 1 amide bonds. The van der Waals surface area contributed by atoms with Crippen LogP contribution < -0.4 is 31.5 Å². The lowest BCUT2D eigenvalue weighted by Gasteiger charge is -2.29. The third-order valence-corrected chi connectivity index (χ3v) is 5.96. The summed E-state index contributed by atoms with van der Waals surface area (Å²) in [6, 6.07) is 11.6. The summed E-state index contributed by atoms with van der Waals surface area (Å²) in [5, 5.41) is 5.46. The number of nitrogens with zero attached hydrogens (tertiary/aromatic N) is 5. The van der Waals surface area contributed by atoms with Crippen LogP contribution in [0.15, 0.2) is 48.8 Å². The fourth-order valence-electron chi connectivity index (χ4n) is 4.04. The predicted molar refractivity (Wildman–Crippen MR) is 133 cm³/mol. The molecule has 3 aromatic rings. The molecule has 0 atom stereocenters. The van der Waals surface area contributed by atoms with E-state index >= 15 is 0 Å². The third-order valence-electron chi connectivity index (χ3n) is 5.96. The molecule has 0 bridgehead atoms. The molecular formula is C24H29FN9O2+. The Balaban J connectivity index is 1.15. The van der Waals surface area contributed by atoms with Gasteiger partial charge in [-0.25, -0.2) is 14.8 Å². The number of halogens is 1. The van der Waals surface area contributed by atoms with Crippen molar-refractivity contribution in [1.82, 2.24) is 25.8 Å². The van der Waals surface area contributed by atoms with E-state index in [0.29, 0.717) is 26.3 Å². The molecule has 4 heterocycles. The zero-order chi connectivity index (χ0) is 24.7. The van der Waals surface area contributed by atoms with Gasteiger partial charge in [0.25, 0.3) is 0 Å². The largest absolute Gasteiger partial charge is 0.378 e. The van der Waals surface area contributed by atoms with E-state index in [1.54, 1.807) is 23.2 Å². The Morgan fingerprint density at radius 2 is 1.81 bits per heavy atom. The van der Waals surface area contributed by atoms with Crippen molar-refractivity contribution >= 4 is 34.7 Å². The molecule has 0 aliphatic carbocycles. The number of nitrogens with two attached hydrogens (primary N) is 1. The molecule has 0 unspecified atom stereocenters. The summed E-state index contributed by atoms with van der Waals surface area (Å²) in [6.45, 7) is 4.11. The highest BCUT2D eigenvalue weighted by molar-refractivity contribution is 5.91. The minimum Gasteiger partial charge on any atom is -0.378 e. The molecule has 2 fully saturated rings. The van der Waals surface area contributed by atoms with Gasteiger partial charge in [-0.1, -0.05) is 0 Å².